The van der Waals surface area contributed by atoms with Gasteiger partial charge in [0.25, 0.3) is 0 Å². The fraction of sp³-hybridized carbons (Fsp3) is 0.529. The highest BCUT2D eigenvalue weighted by Gasteiger charge is 2.14. The fourth-order valence-corrected chi connectivity index (χ4v) is 2.40. The molecule has 110 valence electrons. The molecule has 0 N–H and O–H groups in total. The number of benzene rings is 1. The molecule has 0 fully saturated rings. The highest BCUT2D eigenvalue weighted by Crippen LogP contribution is 2.27. The topological polar surface area (TPSA) is 25.6 Å². The SMILES string of the molecule is CCc1oc2ccccc2c1CN(C)CCOC(C)C. The molecule has 1 aromatic heterocycles. The van der Waals surface area contributed by atoms with Gasteiger partial charge >= 0.3 is 0 Å². The minimum absolute atomic E-state index is 0.296. The second-order valence-corrected chi connectivity index (χ2v) is 5.51. The highest BCUT2D eigenvalue weighted by molar-refractivity contribution is 5.82. The van der Waals surface area contributed by atoms with E-state index in [1.165, 1.54) is 10.9 Å². The number of ether oxygens (including phenoxy) is 1. The number of hydrogen-bond donors (Lipinski definition) is 0. The quantitative estimate of drug-likeness (QED) is 0.767. The molecule has 0 aliphatic rings. The molecule has 2 aromatic rings. The van der Waals surface area contributed by atoms with Gasteiger partial charge < -0.3 is 9.15 Å². The lowest BCUT2D eigenvalue weighted by molar-refractivity contribution is 0.0627. The molecule has 1 heterocycles. The van der Waals surface area contributed by atoms with E-state index < -0.39 is 0 Å². The first-order valence-electron chi connectivity index (χ1n) is 7.41. The lowest BCUT2D eigenvalue weighted by atomic mass is 10.1. The Hall–Kier alpha value is -1.32. The van der Waals surface area contributed by atoms with Crippen LogP contribution in [0, 0.1) is 0 Å². The number of nitrogens with zero attached hydrogens (tertiary/aromatic N) is 1. The van der Waals surface area contributed by atoms with Crippen molar-refractivity contribution in [2.45, 2.75) is 39.8 Å². The molecule has 0 saturated carbocycles. The van der Waals surface area contributed by atoms with Crippen molar-refractivity contribution in [2.75, 3.05) is 20.2 Å². The van der Waals surface area contributed by atoms with Gasteiger partial charge in [-0.05, 0) is 27.0 Å². The molecule has 0 spiro atoms. The van der Waals surface area contributed by atoms with Crippen LogP contribution in [0.15, 0.2) is 28.7 Å². The molecule has 0 bridgehead atoms. The second kappa shape index (κ2) is 6.91. The smallest absolute Gasteiger partial charge is 0.134 e. The standard InChI is InChI=1S/C17H25NO2/c1-5-16-15(12-18(4)10-11-19-13(2)3)14-8-6-7-9-17(14)20-16/h6-9,13H,5,10-12H2,1-4H3. The Morgan fingerprint density at radius 2 is 2.00 bits per heavy atom. The van der Waals surface area contributed by atoms with E-state index in [1.807, 2.05) is 12.1 Å². The monoisotopic (exact) mass is 275 g/mol. The Kier molecular flexibility index (Phi) is 5.21. The van der Waals surface area contributed by atoms with E-state index in [0.29, 0.717) is 6.10 Å². The van der Waals surface area contributed by atoms with Crippen LogP contribution in [0.3, 0.4) is 0 Å². The molecule has 20 heavy (non-hydrogen) atoms. The molecule has 1 aromatic carbocycles. The van der Waals surface area contributed by atoms with E-state index in [4.69, 9.17) is 9.15 Å². The highest BCUT2D eigenvalue weighted by atomic mass is 16.5. The molecule has 2 rings (SSSR count). The lowest BCUT2D eigenvalue weighted by Crippen LogP contribution is -2.24. The van der Waals surface area contributed by atoms with E-state index in [2.05, 4.69) is 44.9 Å². The molecule has 3 heteroatoms. The van der Waals surface area contributed by atoms with Gasteiger partial charge in [-0.2, -0.15) is 0 Å². The molecular formula is C17H25NO2. The maximum atomic E-state index is 5.93. The zero-order chi connectivity index (χ0) is 14.5. The van der Waals surface area contributed by atoms with Crippen molar-refractivity contribution in [1.29, 1.82) is 0 Å². The van der Waals surface area contributed by atoms with Gasteiger partial charge in [0.2, 0.25) is 0 Å². The van der Waals surface area contributed by atoms with Crippen LogP contribution in [0.25, 0.3) is 11.0 Å². The second-order valence-electron chi connectivity index (χ2n) is 5.51. The summed E-state index contributed by atoms with van der Waals surface area (Å²) in [6.07, 6.45) is 1.23. The lowest BCUT2D eigenvalue weighted by Gasteiger charge is -2.17. The minimum Gasteiger partial charge on any atom is -0.461 e. The normalized spacial score (nSPS) is 11.9. The molecule has 0 unspecified atom stereocenters. The first kappa shape index (κ1) is 15.1. The molecular weight excluding hydrogens is 250 g/mol. The summed E-state index contributed by atoms with van der Waals surface area (Å²) < 4.78 is 11.5. The van der Waals surface area contributed by atoms with Crippen molar-refractivity contribution >= 4 is 11.0 Å². The third kappa shape index (κ3) is 3.62. The van der Waals surface area contributed by atoms with E-state index in [-0.39, 0.29) is 0 Å². The Balaban J connectivity index is 2.08. The zero-order valence-electron chi connectivity index (χ0n) is 13.0. The van der Waals surface area contributed by atoms with Crippen LogP contribution >= 0.6 is 0 Å². The summed E-state index contributed by atoms with van der Waals surface area (Å²) in [4.78, 5) is 2.29. The summed E-state index contributed by atoms with van der Waals surface area (Å²) in [7, 11) is 2.13. The van der Waals surface area contributed by atoms with Crippen LogP contribution in [-0.4, -0.2) is 31.2 Å². The summed E-state index contributed by atoms with van der Waals surface area (Å²) in [5.41, 5.74) is 2.31. The van der Waals surface area contributed by atoms with Crippen molar-refractivity contribution in [1.82, 2.24) is 4.90 Å². The number of fused-ring (bicyclic) bond motifs is 1. The number of furan rings is 1. The molecule has 0 radical (unpaired) electrons. The molecule has 0 aliphatic heterocycles. The Bertz CT molecular complexity index is 545. The Morgan fingerprint density at radius 1 is 1.25 bits per heavy atom. The Labute approximate surface area is 121 Å². The van der Waals surface area contributed by atoms with E-state index >= 15 is 0 Å². The first-order chi connectivity index (χ1) is 9.61. The fourth-order valence-electron chi connectivity index (χ4n) is 2.40. The third-order valence-corrected chi connectivity index (χ3v) is 3.46. The molecule has 0 aliphatic carbocycles. The average molecular weight is 275 g/mol. The third-order valence-electron chi connectivity index (χ3n) is 3.46. The number of rotatable bonds is 7. The summed E-state index contributed by atoms with van der Waals surface area (Å²) >= 11 is 0. The van der Waals surface area contributed by atoms with Crippen molar-refractivity contribution in [3.05, 3.63) is 35.6 Å². The van der Waals surface area contributed by atoms with Crippen LogP contribution in [0.5, 0.6) is 0 Å². The summed E-state index contributed by atoms with van der Waals surface area (Å²) in [5.74, 6) is 1.10. The van der Waals surface area contributed by atoms with Gasteiger partial charge in [0, 0.05) is 30.5 Å². The van der Waals surface area contributed by atoms with Crippen molar-refractivity contribution in [2.24, 2.45) is 0 Å². The van der Waals surface area contributed by atoms with E-state index in [9.17, 15) is 0 Å². The van der Waals surface area contributed by atoms with Gasteiger partial charge in [-0.1, -0.05) is 25.1 Å². The summed E-state index contributed by atoms with van der Waals surface area (Å²) in [6.45, 7) is 8.88. The summed E-state index contributed by atoms with van der Waals surface area (Å²) in [5, 5.41) is 1.24. The van der Waals surface area contributed by atoms with Crippen molar-refractivity contribution < 1.29 is 9.15 Å². The Morgan fingerprint density at radius 3 is 2.70 bits per heavy atom. The minimum atomic E-state index is 0.296. The number of hydrogen-bond acceptors (Lipinski definition) is 3. The van der Waals surface area contributed by atoms with Crippen LogP contribution in [-0.2, 0) is 17.7 Å². The van der Waals surface area contributed by atoms with Crippen molar-refractivity contribution in [3.8, 4) is 0 Å². The van der Waals surface area contributed by atoms with Gasteiger partial charge in [0.15, 0.2) is 0 Å². The van der Waals surface area contributed by atoms with Crippen LogP contribution in [0.2, 0.25) is 0 Å². The zero-order valence-corrected chi connectivity index (χ0v) is 13.0. The van der Waals surface area contributed by atoms with Crippen molar-refractivity contribution in [3.63, 3.8) is 0 Å². The van der Waals surface area contributed by atoms with Crippen LogP contribution in [0.1, 0.15) is 32.1 Å². The van der Waals surface area contributed by atoms with Gasteiger partial charge in [-0.3, -0.25) is 4.90 Å². The van der Waals surface area contributed by atoms with E-state index in [0.717, 1.165) is 37.5 Å². The maximum absolute atomic E-state index is 5.93. The number of para-hydroxylation sites is 1. The van der Waals surface area contributed by atoms with Crippen LogP contribution < -0.4 is 0 Å². The molecule has 0 atom stereocenters. The van der Waals surface area contributed by atoms with Gasteiger partial charge in [-0.25, -0.2) is 0 Å². The molecule has 3 nitrogen and oxygen atoms in total. The average Bonchev–Trinajstić information content (AvgIpc) is 2.76. The maximum Gasteiger partial charge on any atom is 0.134 e. The largest absolute Gasteiger partial charge is 0.461 e. The molecule has 0 saturated heterocycles. The van der Waals surface area contributed by atoms with E-state index in [1.54, 1.807) is 0 Å². The predicted octanol–water partition coefficient (Wildman–Crippen LogP) is 3.85. The van der Waals surface area contributed by atoms with Gasteiger partial charge in [0.1, 0.15) is 11.3 Å². The molecule has 0 amide bonds. The number of likely N-dealkylation sites (N-methyl/N-ethyl adjacent to an activating group) is 1. The first-order valence-corrected chi connectivity index (χ1v) is 7.41. The number of aryl methyl sites for hydroxylation is 1. The predicted molar refractivity (Wildman–Crippen MR) is 83.0 cm³/mol. The van der Waals surface area contributed by atoms with Gasteiger partial charge in [-0.15, -0.1) is 0 Å². The summed E-state index contributed by atoms with van der Waals surface area (Å²) in [6, 6.07) is 8.28. The van der Waals surface area contributed by atoms with Crippen LogP contribution in [0.4, 0.5) is 0 Å². The van der Waals surface area contributed by atoms with Gasteiger partial charge in [0.05, 0.1) is 12.7 Å².